The highest BCUT2D eigenvalue weighted by molar-refractivity contribution is 5.06. The maximum absolute atomic E-state index is 11.8. The second-order valence-corrected chi connectivity index (χ2v) is 6.30. The molecule has 9 heteroatoms. The van der Waals surface area contributed by atoms with Crippen LogP contribution in [0, 0.1) is 0 Å². The number of aromatic nitrogens is 1. The summed E-state index contributed by atoms with van der Waals surface area (Å²) in [4.78, 5) is 14.2. The van der Waals surface area contributed by atoms with Crippen LogP contribution in [0.25, 0.3) is 0 Å². The molecule has 1 aromatic heterocycles. The normalized spacial score (nSPS) is 26.4. The van der Waals surface area contributed by atoms with Gasteiger partial charge in [0, 0.05) is 31.5 Å². The Kier molecular flexibility index (Phi) is 6.85. The molecule has 0 amide bonds. The van der Waals surface area contributed by atoms with E-state index in [1.54, 1.807) is 4.98 Å². The largest absolute Gasteiger partial charge is 0.431 e. The van der Waals surface area contributed by atoms with Gasteiger partial charge in [-0.15, -0.1) is 0 Å². The van der Waals surface area contributed by atoms with E-state index in [2.05, 4.69) is 11.5 Å². The molecule has 2 aliphatic heterocycles. The third kappa shape index (κ3) is 5.58. The second kappa shape index (κ2) is 8.70. The van der Waals surface area contributed by atoms with Crippen LogP contribution in [0.5, 0.6) is 0 Å². The molecular formula is C17H23F3N2O4. The van der Waals surface area contributed by atoms with Crippen LogP contribution in [0.15, 0.2) is 35.3 Å². The monoisotopic (exact) mass is 376 g/mol. The fourth-order valence-electron chi connectivity index (χ4n) is 2.86. The molecule has 1 aromatic rings. The molecule has 0 saturated carbocycles. The van der Waals surface area contributed by atoms with Crippen molar-refractivity contribution in [2.45, 2.75) is 43.8 Å². The quantitative estimate of drug-likeness (QED) is 0.728. The third-order valence-corrected chi connectivity index (χ3v) is 4.34. The zero-order valence-corrected chi connectivity index (χ0v) is 14.2. The van der Waals surface area contributed by atoms with Gasteiger partial charge in [-0.1, -0.05) is 12.6 Å². The van der Waals surface area contributed by atoms with E-state index >= 15 is 0 Å². The Morgan fingerprint density at radius 1 is 1.35 bits per heavy atom. The van der Waals surface area contributed by atoms with E-state index in [4.69, 9.17) is 4.74 Å². The molecule has 2 saturated heterocycles. The van der Waals surface area contributed by atoms with E-state index in [0.717, 1.165) is 43.3 Å². The van der Waals surface area contributed by atoms with Crippen LogP contribution in [0.2, 0.25) is 0 Å². The van der Waals surface area contributed by atoms with E-state index in [-0.39, 0.29) is 6.10 Å². The number of hydrogen-bond acceptors (Lipinski definition) is 5. The van der Waals surface area contributed by atoms with E-state index in [0.29, 0.717) is 19.6 Å². The third-order valence-electron chi connectivity index (χ3n) is 4.34. The Labute approximate surface area is 148 Å². The van der Waals surface area contributed by atoms with E-state index < -0.39 is 29.6 Å². The van der Waals surface area contributed by atoms with Crippen molar-refractivity contribution in [2.24, 2.45) is 0 Å². The lowest BCUT2D eigenvalue weighted by molar-refractivity contribution is -0.141. The molecule has 0 aliphatic carbocycles. The van der Waals surface area contributed by atoms with Gasteiger partial charge in [0.1, 0.15) is 17.9 Å². The summed E-state index contributed by atoms with van der Waals surface area (Å²) in [6, 6.07) is 2.89. The number of nitrogens with zero attached hydrogens (tertiary/aromatic N) is 1. The number of aromatic amines is 1. The predicted octanol–water partition coefficient (Wildman–Crippen LogP) is 1.50. The van der Waals surface area contributed by atoms with Crippen LogP contribution in [0.4, 0.5) is 13.2 Å². The molecule has 26 heavy (non-hydrogen) atoms. The Bertz CT molecular complexity index is 662. The number of hydrogen-bond donors (Lipinski definition) is 3. The summed E-state index contributed by atoms with van der Waals surface area (Å²) in [6.45, 7) is 6.14. The summed E-state index contributed by atoms with van der Waals surface area (Å²) in [6.07, 6.45) is -3.45. The van der Waals surface area contributed by atoms with Crippen molar-refractivity contribution < 1.29 is 28.1 Å². The highest BCUT2D eigenvalue weighted by atomic mass is 19.4. The Hall–Kier alpha value is -1.84. The number of alkyl halides is 3. The first kappa shape index (κ1) is 20.5. The summed E-state index contributed by atoms with van der Waals surface area (Å²) >= 11 is 0. The van der Waals surface area contributed by atoms with E-state index in [1.807, 2.05) is 0 Å². The summed E-state index contributed by atoms with van der Waals surface area (Å²) in [5, 5.41) is 19.3. The Morgan fingerprint density at radius 3 is 2.62 bits per heavy atom. The highest BCUT2D eigenvalue weighted by Gasteiger charge is 2.33. The standard InChI is InChI=1S/C11H19NO3.C6H4F3NO/c1-8-3-2-5-12(8)7-10-11(14)9(13)4-6-15-10;7-6(8,9)4-2-1-3-5(11)10-4/h9-11,13-14H,1-7H2;1-3H,(H,10,11). The van der Waals surface area contributed by atoms with Gasteiger partial charge in [0.15, 0.2) is 0 Å². The predicted molar refractivity (Wildman–Crippen MR) is 88.4 cm³/mol. The van der Waals surface area contributed by atoms with Gasteiger partial charge in [-0.25, -0.2) is 0 Å². The van der Waals surface area contributed by atoms with Crippen LogP contribution in [0.1, 0.15) is 25.0 Å². The molecule has 146 valence electrons. The summed E-state index contributed by atoms with van der Waals surface area (Å²) < 4.78 is 40.9. The molecule has 0 radical (unpaired) electrons. The first-order valence-corrected chi connectivity index (χ1v) is 8.35. The fraction of sp³-hybridized carbons (Fsp3) is 0.588. The minimum absolute atomic E-state index is 0.274. The topological polar surface area (TPSA) is 85.8 Å². The number of rotatable bonds is 2. The minimum atomic E-state index is -4.47. The Balaban J connectivity index is 0.000000197. The van der Waals surface area contributed by atoms with E-state index in [9.17, 15) is 28.2 Å². The van der Waals surface area contributed by atoms with Crippen LogP contribution in [-0.2, 0) is 10.9 Å². The number of allylic oxidation sites excluding steroid dienone is 1. The molecule has 3 heterocycles. The summed E-state index contributed by atoms with van der Waals surface area (Å²) in [5.74, 6) is 0. The molecule has 0 bridgehead atoms. The van der Waals surface area contributed by atoms with Gasteiger partial charge in [-0.3, -0.25) is 4.79 Å². The number of H-pyrrole nitrogens is 1. The van der Waals surface area contributed by atoms with Crippen molar-refractivity contribution in [2.75, 3.05) is 19.7 Å². The zero-order chi connectivity index (χ0) is 19.3. The second-order valence-electron chi connectivity index (χ2n) is 6.30. The number of nitrogens with one attached hydrogen (secondary N) is 1. The van der Waals surface area contributed by atoms with Crippen molar-refractivity contribution in [3.05, 3.63) is 46.5 Å². The van der Waals surface area contributed by atoms with Crippen molar-refractivity contribution in [1.82, 2.24) is 9.88 Å². The highest BCUT2D eigenvalue weighted by Crippen LogP contribution is 2.26. The molecule has 6 nitrogen and oxygen atoms in total. The SMILES string of the molecule is C=C1CCCN1CC1OCCC(O)C1O.O=c1cccc(C(F)(F)F)[nH]1. The van der Waals surface area contributed by atoms with Gasteiger partial charge in [0.05, 0.1) is 6.10 Å². The van der Waals surface area contributed by atoms with E-state index in [1.165, 1.54) is 0 Å². The molecule has 3 rings (SSSR count). The van der Waals surface area contributed by atoms with Crippen LogP contribution in [0.3, 0.4) is 0 Å². The van der Waals surface area contributed by atoms with Crippen LogP contribution < -0.4 is 5.56 Å². The van der Waals surface area contributed by atoms with Gasteiger partial charge < -0.3 is 24.8 Å². The molecular weight excluding hydrogens is 353 g/mol. The van der Waals surface area contributed by atoms with Gasteiger partial charge in [-0.2, -0.15) is 13.2 Å². The van der Waals surface area contributed by atoms with Crippen molar-refractivity contribution in [3.63, 3.8) is 0 Å². The number of halogens is 3. The lowest BCUT2D eigenvalue weighted by Gasteiger charge is -2.35. The summed E-state index contributed by atoms with van der Waals surface area (Å²) in [7, 11) is 0. The van der Waals surface area contributed by atoms with Crippen molar-refractivity contribution in [3.8, 4) is 0 Å². The first-order chi connectivity index (χ1) is 12.2. The molecule has 3 atom stereocenters. The maximum Gasteiger partial charge on any atom is 0.431 e. The zero-order valence-electron chi connectivity index (χ0n) is 14.2. The first-order valence-electron chi connectivity index (χ1n) is 8.35. The number of likely N-dealkylation sites (tertiary alicyclic amines) is 1. The molecule has 3 unspecified atom stereocenters. The van der Waals surface area contributed by atoms with Crippen molar-refractivity contribution in [1.29, 1.82) is 0 Å². The van der Waals surface area contributed by atoms with Crippen LogP contribution in [-0.4, -0.2) is 58.1 Å². The number of aliphatic hydroxyl groups excluding tert-OH is 2. The number of aliphatic hydroxyl groups is 2. The molecule has 2 fully saturated rings. The summed E-state index contributed by atoms with van der Waals surface area (Å²) in [5.41, 5.74) is -0.657. The number of pyridine rings is 1. The lowest BCUT2D eigenvalue weighted by Crippen LogP contribution is -2.49. The smallest absolute Gasteiger partial charge is 0.390 e. The van der Waals surface area contributed by atoms with Crippen LogP contribution >= 0.6 is 0 Å². The maximum atomic E-state index is 11.8. The Morgan fingerprint density at radius 2 is 2.08 bits per heavy atom. The lowest BCUT2D eigenvalue weighted by atomic mass is 10.0. The van der Waals surface area contributed by atoms with Gasteiger partial charge in [0.2, 0.25) is 5.56 Å². The molecule has 0 spiro atoms. The molecule has 3 N–H and O–H groups in total. The molecule has 0 aromatic carbocycles. The van der Waals surface area contributed by atoms with Crippen molar-refractivity contribution >= 4 is 0 Å². The van der Waals surface area contributed by atoms with Gasteiger partial charge in [-0.05, 0) is 25.3 Å². The molecule has 2 aliphatic rings. The fourth-order valence-corrected chi connectivity index (χ4v) is 2.86. The average molecular weight is 376 g/mol. The van der Waals surface area contributed by atoms with Gasteiger partial charge in [0.25, 0.3) is 0 Å². The van der Waals surface area contributed by atoms with Gasteiger partial charge >= 0.3 is 6.18 Å². The average Bonchev–Trinajstić information content (AvgIpc) is 2.97. The number of ether oxygens (including phenoxy) is 1. The minimum Gasteiger partial charge on any atom is -0.390 e.